The van der Waals surface area contributed by atoms with Crippen LogP contribution < -0.4 is 11.1 Å². The summed E-state index contributed by atoms with van der Waals surface area (Å²) in [6.45, 7) is 4.96. The van der Waals surface area contributed by atoms with Gasteiger partial charge in [0.25, 0.3) is 0 Å². The van der Waals surface area contributed by atoms with Crippen molar-refractivity contribution >= 4 is 29.9 Å². The first-order valence-electron chi connectivity index (χ1n) is 6.79. The quantitative estimate of drug-likeness (QED) is 0.458. The fourth-order valence-electron chi connectivity index (χ4n) is 2.73. The molecule has 1 atom stereocenters. The molecule has 5 heteroatoms. The summed E-state index contributed by atoms with van der Waals surface area (Å²) in [6.07, 6.45) is 7.52. The van der Waals surface area contributed by atoms with Gasteiger partial charge in [0.15, 0.2) is 5.96 Å². The van der Waals surface area contributed by atoms with Gasteiger partial charge in [-0.3, -0.25) is 4.99 Å². The van der Waals surface area contributed by atoms with Crippen LogP contribution in [0.4, 0.5) is 0 Å². The highest BCUT2D eigenvalue weighted by atomic mass is 127. The van der Waals surface area contributed by atoms with Gasteiger partial charge in [0.05, 0.1) is 18.2 Å². The summed E-state index contributed by atoms with van der Waals surface area (Å²) in [5, 5.41) is 3.30. The third-order valence-corrected chi connectivity index (χ3v) is 3.73. The van der Waals surface area contributed by atoms with Crippen LogP contribution in [-0.2, 0) is 4.74 Å². The van der Waals surface area contributed by atoms with Crippen LogP contribution in [0.3, 0.4) is 0 Å². The Hall–Kier alpha value is -0.0400. The topological polar surface area (TPSA) is 59.6 Å². The molecule has 0 bridgehead atoms. The molecule has 106 valence electrons. The average Bonchev–Trinajstić information content (AvgIpc) is 2.85. The van der Waals surface area contributed by atoms with E-state index in [1.807, 2.05) is 0 Å². The molecule has 1 saturated heterocycles. The smallest absolute Gasteiger partial charge is 0.188 e. The normalized spacial score (nSPS) is 28.1. The van der Waals surface area contributed by atoms with Gasteiger partial charge in [0.2, 0.25) is 0 Å². The minimum absolute atomic E-state index is 0. The molecule has 1 aliphatic heterocycles. The lowest BCUT2D eigenvalue weighted by atomic mass is 10.1. The predicted octanol–water partition coefficient (Wildman–Crippen LogP) is 2.41. The van der Waals surface area contributed by atoms with Crippen molar-refractivity contribution in [3.05, 3.63) is 0 Å². The van der Waals surface area contributed by atoms with E-state index in [1.54, 1.807) is 0 Å². The van der Waals surface area contributed by atoms with E-state index in [2.05, 4.69) is 24.2 Å². The number of aliphatic imine (C=N–C) groups is 1. The molecule has 0 amide bonds. The van der Waals surface area contributed by atoms with Crippen LogP contribution in [-0.4, -0.2) is 30.3 Å². The lowest BCUT2D eigenvalue weighted by Gasteiger charge is -2.18. The number of rotatable bonds is 3. The van der Waals surface area contributed by atoms with Gasteiger partial charge < -0.3 is 15.8 Å². The van der Waals surface area contributed by atoms with Crippen molar-refractivity contribution < 1.29 is 4.74 Å². The number of nitrogens with two attached hydrogens (primary N) is 1. The molecule has 1 heterocycles. The molecule has 2 aliphatic rings. The van der Waals surface area contributed by atoms with Gasteiger partial charge in [-0.05, 0) is 39.5 Å². The number of nitrogens with zero attached hydrogens (tertiary/aromatic N) is 1. The summed E-state index contributed by atoms with van der Waals surface area (Å²) in [5.41, 5.74) is 5.90. The Morgan fingerprint density at radius 1 is 1.33 bits per heavy atom. The first-order chi connectivity index (χ1) is 8.05. The zero-order chi connectivity index (χ0) is 12.3. The van der Waals surface area contributed by atoms with Crippen molar-refractivity contribution in [1.82, 2.24) is 5.32 Å². The molecule has 0 aromatic rings. The highest BCUT2D eigenvalue weighted by molar-refractivity contribution is 14.0. The number of nitrogens with one attached hydrogen (secondary N) is 1. The Labute approximate surface area is 127 Å². The van der Waals surface area contributed by atoms with Crippen molar-refractivity contribution in [2.24, 2.45) is 10.7 Å². The molecular weight excluding hydrogens is 341 g/mol. The summed E-state index contributed by atoms with van der Waals surface area (Å²) in [7, 11) is 0. The molecule has 0 aromatic carbocycles. The van der Waals surface area contributed by atoms with Crippen molar-refractivity contribution in [3.8, 4) is 0 Å². The van der Waals surface area contributed by atoms with Crippen molar-refractivity contribution in [3.63, 3.8) is 0 Å². The molecule has 1 aliphatic carbocycles. The molecule has 1 unspecified atom stereocenters. The summed E-state index contributed by atoms with van der Waals surface area (Å²) < 4.78 is 5.88. The highest BCUT2D eigenvalue weighted by Gasteiger charge is 2.31. The molecule has 2 fully saturated rings. The van der Waals surface area contributed by atoms with Gasteiger partial charge in [-0.25, -0.2) is 0 Å². The predicted molar refractivity (Wildman–Crippen MR) is 85.5 cm³/mol. The van der Waals surface area contributed by atoms with Gasteiger partial charge in [0.1, 0.15) is 0 Å². The third-order valence-electron chi connectivity index (χ3n) is 3.73. The average molecular weight is 367 g/mol. The van der Waals surface area contributed by atoms with E-state index in [-0.39, 0.29) is 35.7 Å². The van der Waals surface area contributed by atoms with E-state index in [1.165, 1.54) is 25.7 Å². The van der Waals surface area contributed by atoms with Crippen molar-refractivity contribution in [2.45, 2.75) is 70.1 Å². The molecular formula is C13H26IN3O. The van der Waals surface area contributed by atoms with E-state index in [0.717, 1.165) is 12.8 Å². The third kappa shape index (κ3) is 4.91. The van der Waals surface area contributed by atoms with Crippen LogP contribution in [0.25, 0.3) is 0 Å². The van der Waals surface area contributed by atoms with Gasteiger partial charge in [0, 0.05) is 6.04 Å². The monoisotopic (exact) mass is 367 g/mol. The van der Waals surface area contributed by atoms with Gasteiger partial charge in [-0.2, -0.15) is 0 Å². The Bertz CT molecular complexity index is 288. The zero-order valence-electron chi connectivity index (χ0n) is 11.4. The molecule has 2 rings (SSSR count). The second kappa shape index (κ2) is 6.93. The van der Waals surface area contributed by atoms with Crippen LogP contribution in [0.2, 0.25) is 0 Å². The van der Waals surface area contributed by atoms with Gasteiger partial charge in [-0.15, -0.1) is 24.0 Å². The highest BCUT2D eigenvalue weighted by Crippen LogP contribution is 2.29. The van der Waals surface area contributed by atoms with Gasteiger partial charge >= 0.3 is 0 Å². The van der Waals surface area contributed by atoms with E-state index >= 15 is 0 Å². The van der Waals surface area contributed by atoms with E-state index in [9.17, 15) is 0 Å². The van der Waals surface area contributed by atoms with Crippen LogP contribution in [0.15, 0.2) is 4.99 Å². The number of guanidine groups is 1. The first-order valence-corrected chi connectivity index (χ1v) is 6.79. The molecule has 0 radical (unpaired) electrons. The zero-order valence-corrected chi connectivity index (χ0v) is 13.8. The second-order valence-electron chi connectivity index (χ2n) is 5.89. The molecule has 0 spiro atoms. The molecule has 4 nitrogen and oxygen atoms in total. The van der Waals surface area contributed by atoms with Crippen molar-refractivity contribution in [2.75, 3.05) is 6.54 Å². The lowest BCUT2D eigenvalue weighted by Crippen LogP contribution is -2.39. The fourth-order valence-corrected chi connectivity index (χ4v) is 2.73. The summed E-state index contributed by atoms with van der Waals surface area (Å²) in [4.78, 5) is 4.39. The fraction of sp³-hybridized carbons (Fsp3) is 0.923. The van der Waals surface area contributed by atoms with Crippen LogP contribution in [0.5, 0.6) is 0 Å². The van der Waals surface area contributed by atoms with Gasteiger partial charge in [-0.1, -0.05) is 12.8 Å². The molecule has 1 saturated carbocycles. The van der Waals surface area contributed by atoms with Crippen LogP contribution in [0, 0.1) is 0 Å². The van der Waals surface area contributed by atoms with E-state index < -0.39 is 0 Å². The molecule has 18 heavy (non-hydrogen) atoms. The molecule has 3 N–H and O–H groups in total. The molecule has 0 aromatic heterocycles. The number of hydrogen-bond acceptors (Lipinski definition) is 2. The second-order valence-corrected chi connectivity index (χ2v) is 5.89. The summed E-state index contributed by atoms with van der Waals surface area (Å²) in [6, 6.07) is 0.541. The largest absolute Gasteiger partial charge is 0.370 e. The van der Waals surface area contributed by atoms with Crippen LogP contribution >= 0.6 is 24.0 Å². The maximum atomic E-state index is 5.88. The van der Waals surface area contributed by atoms with E-state index in [0.29, 0.717) is 18.5 Å². The Morgan fingerprint density at radius 2 is 2.00 bits per heavy atom. The Balaban J connectivity index is 0.00000162. The lowest BCUT2D eigenvalue weighted by molar-refractivity contribution is -0.0106. The maximum absolute atomic E-state index is 5.88. The summed E-state index contributed by atoms with van der Waals surface area (Å²) in [5.74, 6) is 0.588. The Morgan fingerprint density at radius 3 is 2.56 bits per heavy atom. The summed E-state index contributed by atoms with van der Waals surface area (Å²) >= 11 is 0. The first kappa shape index (κ1) is 16.0. The number of halogens is 1. The minimum Gasteiger partial charge on any atom is -0.370 e. The van der Waals surface area contributed by atoms with Crippen molar-refractivity contribution in [1.29, 1.82) is 0 Å². The minimum atomic E-state index is 0. The Kier molecular flexibility index (Phi) is 6.17. The number of ether oxygens (including phenoxy) is 1. The standard InChI is InChI=1S/C13H25N3O.HI/c1-13(2)8-7-11(17-13)9-15-12(14)16-10-5-3-4-6-10;/h10-11H,3-9H2,1-2H3,(H3,14,15,16);1H. The van der Waals surface area contributed by atoms with E-state index in [4.69, 9.17) is 10.5 Å². The maximum Gasteiger partial charge on any atom is 0.188 e. The van der Waals surface area contributed by atoms with Crippen LogP contribution in [0.1, 0.15) is 52.4 Å². The number of hydrogen-bond donors (Lipinski definition) is 2. The SMILES string of the molecule is CC1(C)CCC(CN=C(N)NC2CCCC2)O1.I.